The van der Waals surface area contributed by atoms with Crippen molar-refractivity contribution in [3.05, 3.63) is 56.7 Å². The molecule has 0 aliphatic heterocycles. The molecule has 6 heteroatoms. The molecule has 18 heavy (non-hydrogen) atoms. The highest BCUT2D eigenvalue weighted by molar-refractivity contribution is 9.10. The maximum atomic E-state index is 12.2. The molecule has 1 aromatic carbocycles. The molecule has 0 aliphatic rings. The fraction of sp³-hybridized carbons (Fsp3) is 0. The lowest BCUT2D eigenvalue weighted by Crippen LogP contribution is -2.34. The Morgan fingerprint density at radius 3 is 2.39 bits per heavy atom. The van der Waals surface area contributed by atoms with E-state index in [0.29, 0.717) is 11.5 Å². The first-order chi connectivity index (χ1) is 8.65. The Labute approximate surface area is 120 Å². The van der Waals surface area contributed by atoms with E-state index in [-0.39, 0.29) is 0 Å². The summed E-state index contributed by atoms with van der Waals surface area (Å²) in [6.07, 6.45) is 1.69. The number of fused-ring (bicyclic) bond motifs is 1. The van der Waals surface area contributed by atoms with Crippen LogP contribution in [0.3, 0.4) is 0 Å². The Balaban J connectivity index is 2.23. The SMILES string of the molecule is [O-][n+]1c(-c2ccc(Br)cc2)nc2ccc(Br)cn21. The smallest absolute Gasteiger partial charge is 0.355 e. The molecule has 2 heterocycles. The lowest BCUT2D eigenvalue weighted by Gasteiger charge is -2.02. The topological polar surface area (TPSA) is 44.2 Å². The summed E-state index contributed by atoms with van der Waals surface area (Å²) in [7, 11) is 0. The van der Waals surface area contributed by atoms with Gasteiger partial charge in [0.1, 0.15) is 0 Å². The van der Waals surface area contributed by atoms with E-state index in [2.05, 4.69) is 36.8 Å². The van der Waals surface area contributed by atoms with Gasteiger partial charge in [0.05, 0.1) is 11.8 Å². The van der Waals surface area contributed by atoms with Crippen LogP contribution in [0.5, 0.6) is 0 Å². The van der Waals surface area contributed by atoms with Gasteiger partial charge < -0.3 is 5.21 Å². The van der Waals surface area contributed by atoms with Gasteiger partial charge in [-0.15, -0.1) is 9.36 Å². The van der Waals surface area contributed by atoms with Gasteiger partial charge in [0.15, 0.2) is 0 Å². The molecule has 90 valence electrons. The summed E-state index contributed by atoms with van der Waals surface area (Å²) >= 11 is 6.70. The van der Waals surface area contributed by atoms with Gasteiger partial charge in [-0.05, 0) is 51.2 Å². The van der Waals surface area contributed by atoms with Crippen LogP contribution in [0.15, 0.2) is 51.5 Å². The summed E-state index contributed by atoms with van der Waals surface area (Å²) in [6.45, 7) is 0. The van der Waals surface area contributed by atoms with Gasteiger partial charge in [-0.25, -0.2) is 0 Å². The molecule has 0 N–H and O–H groups in total. The van der Waals surface area contributed by atoms with Gasteiger partial charge in [-0.3, -0.25) is 0 Å². The first kappa shape index (κ1) is 11.7. The van der Waals surface area contributed by atoms with Gasteiger partial charge in [0.25, 0.3) is 5.65 Å². The van der Waals surface area contributed by atoms with Crippen molar-refractivity contribution in [3.8, 4) is 11.4 Å². The molecule has 0 radical (unpaired) electrons. The molecule has 0 fully saturated rings. The lowest BCUT2D eigenvalue weighted by molar-refractivity contribution is -0.667. The third-order valence-electron chi connectivity index (χ3n) is 2.57. The molecule has 0 spiro atoms. The summed E-state index contributed by atoms with van der Waals surface area (Å²) in [4.78, 5) is 5.11. The zero-order chi connectivity index (χ0) is 12.7. The van der Waals surface area contributed by atoms with Crippen molar-refractivity contribution in [1.82, 2.24) is 9.50 Å². The zero-order valence-electron chi connectivity index (χ0n) is 9.05. The van der Waals surface area contributed by atoms with Crippen molar-refractivity contribution < 1.29 is 4.85 Å². The second kappa shape index (κ2) is 4.37. The Morgan fingerprint density at radius 2 is 1.67 bits per heavy atom. The molecule has 4 nitrogen and oxygen atoms in total. The van der Waals surface area contributed by atoms with Crippen molar-refractivity contribution in [1.29, 1.82) is 0 Å². The third-order valence-corrected chi connectivity index (χ3v) is 3.57. The minimum absolute atomic E-state index is 0.389. The predicted molar refractivity (Wildman–Crippen MR) is 75.0 cm³/mol. The number of hydrogen-bond acceptors (Lipinski definition) is 2. The molecule has 0 aliphatic carbocycles. The van der Waals surface area contributed by atoms with E-state index in [4.69, 9.17) is 0 Å². The molecule has 0 bridgehead atoms. The first-order valence-corrected chi connectivity index (χ1v) is 6.77. The minimum Gasteiger partial charge on any atom is -0.692 e. The maximum Gasteiger partial charge on any atom is 0.355 e. The van der Waals surface area contributed by atoms with Crippen molar-refractivity contribution >= 4 is 37.5 Å². The molecular weight excluding hydrogens is 362 g/mol. The second-order valence-corrected chi connectivity index (χ2v) is 5.60. The molecule has 0 unspecified atom stereocenters. The van der Waals surface area contributed by atoms with E-state index in [1.165, 1.54) is 4.52 Å². The first-order valence-electron chi connectivity index (χ1n) is 5.18. The minimum atomic E-state index is 0.389. The molecule has 2 aromatic heterocycles. The normalized spacial score (nSPS) is 11.0. The number of benzene rings is 1. The predicted octanol–water partition coefficient (Wildman–Crippen LogP) is 3.16. The Kier molecular flexibility index (Phi) is 2.83. The van der Waals surface area contributed by atoms with E-state index in [9.17, 15) is 5.21 Å². The van der Waals surface area contributed by atoms with Gasteiger partial charge in [0, 0.05) is 15.0 Å². The number of aromatic nitrogens is 3. The number of halogens is 2. The van der Waals surface area contributed by atoms with Crippen LogP contribution in [-0.4, -0.2) is 9.50 Å². The van der Waals surface area contributed by atoms with Crippen molar-refractivity contribution in [2.24, 2.45) is 0 Å². The molecule has 0 amide bonds. The standard InChI is InChI=1S/C12H7Br2N3O/c13-9-3-1-8(2-4-9)12-15-11-6-5-10(14)7-16(11)17(12)18/h1-7H. The summed E-state index contributed by atoms with van der Waals surface area (Å²) in [5.74, 6) is 0.389. The van der Waals surface area contributed by atoms with Gasteiger partial charge in [0.2, 0.25) is 0 Å². The van der Waals surface area contributed by atoms with Crippen molar-refractivity contribution in [2.45, 2.75) is 0 Å². The quantitative estimate of drug-likeness (QED) is 0.489. The summed E-state index contributed by atoms with van der Waals surface area (Å²) < 4.78 is 3.26. The van der Waals surface area contributed by atoms with Crippen LogP contribution in [-0.2, 0) is 0 Å². The second-order valence-electron chi connectivity index (χ2n) is 3.77. The molecule has 0 atom stereocenters. The van der Waals surface area contributed by atoms with Crippen LogP contribution in [0.25, 0.3) is 17.0 Å². The largest absolute Gasteiger partial charge is 0.692 e. The van der Waals surface area contributed by atoms with Crippen LogP contribution in [0, 0.1) is 5.21 Å². The van der Waals surface area contributed by atoms with Crippen molar-refractivity contribution in [3.63, 3.8) is 0 Å². The molecule has 0 saturated heterocycles. The van der Waals surface area contributed by atoms with E-state index in [0.717, 1.165) is 19.4 Å². The van der Waals surface area contributed by atoms with Gasteiger partial charge >= 0.3 is 5.82 Å². The average Bonchev–Trinajstić information content (AvgIpc) is 2.68. The van der Waals surface area contributed by atoms with Crippen molar-refractivity contribution in [2.75, 3.05) is 0 Å². The fourth-order valence-electron chi connectivity index (χ4n) is 1.72. The Bertz CT molecular complexity index is 722. The van der Waals surface area contributed by atoms with Crippen LogP contribution >= 0.6 is 31.9 Å². The average molecular weight is 369 g/mol. The number of hydrogen-bond donors (Lipinski definition) is 0. The number of nitrogens with zero attached hydrogens (tertiary/aromatic N) is 3. The highest BCUT2D eigenvalue weighted by Gasteiger charge is 2.18. The van der Waals surface area contributed by atoms with Gasteiger partial charge in [-0.2, -0.15) is 0 Å². The molecule has 0 saturated carbocycles. The fourth-order valence-corrected chi connectivity index (χ4v) is 2.31. The van der Waals surface area contributed by atoms with E-state index in [1.54, 1.807) is 12.3 Å². The number of rotatable bonds is 1. The summed E-state index contributed by atoms with van der Waals surface area (Å²) in [5.41, 5.74) is 1.40. The summed E-state index contributed by atoms with van der Waals surface area (Å²) in [5, 5.41) is 12.2. The number of pyridine rings is 1. The van der Waals surface area contributed by atoms with Crippen LogP contribution in [0.2, 0.25) is 0 Å². The Morgan fingerprint density at radius 1 is 1.00 bits per heavy atom. The third kappa shape index (κ3) is 1.91. The van der Waals surface area contributed by atoms with Crippen LogP contribution < -0.4 is 4.85 Å². The molecule has 3 rings (SSSR count). The van der Waals surface area contributed by atoms with E-state index < -0.39 is 0 Å². The van der Waals surface area contributed by atoms with Gasteiger partial charge in [-0.1, -0.05) is 15.9 Å². The zero-order valence-corrected chi connectivity index (χ0v) is 12.2. The van der Waals surface area contributed by atoms with E-state index in [1.807, 2.05) is 30.3 Å². The summed E-state index contributed by atoms with van der Waals surface area (Å²) in [6, 6.07) is 11.1. The maximum absolute atomic E-state index is 12.2. The Hall–Kier alpha value is -1.40. The highest BCUT2D eigenvalue weighted by atomic mass is 79.9. The molecular formula is C12H7Br2N3O. The highest BCUT2D eigenvalue weighted by Crippen LogP contribution is 2.19. The van der Waals surface area contributed by atoms with Crippen LogP contribution in [0.1, 0.15) is 0 Å². The van der Waals surface area contributed by atoms with Crippen LogP contribution in [0.4, 0.5) is 0 Å². The lowest BCUT2D eigenvalue weighted by atomic mass is 10.2. The van der Waals surface area contributed by atoms with E-state index >= 15 is 0 Å². The molecule has 3 aromatic rings. The monoisotopic (exact) mass is 367 g/mol.